The zero-order valence-corrected chi connectivity index (χ0v) is 31.2. The van der Waals surface area contributed by atoms with Crippen molar-refractivity contribution in [1.29, 1.82) is 0 Å². The lowest BCUT2D eigenvalue weighted by molar-refractivity contribution is 0.374. The molecule has 0 aliphatic carbocycles. The van der Waals surface area contributed by atoms with Gasteiger partial charge < -0.3 is 54.3 Å². The van der Waals surface area contributed by atoms with Crippen LogP contribution >= 0.6 is 21.7 Å². The largest absolute Gasteiger partial charge is 0.508 e. The number of aromatic hydroxyl groups is 2. The molecule has 6 aromatic carbocycles. The van der Waals surface area contributed by atoms with Crippen molar-refractivity contribution in [1.82, 2.24) is 0 Å². The molecule has 6 rings (SSSR count). The summed E-state index contributed by atoms with van der Waals surface area (Å²) in [6.07, 6.45) is 0. The first-order valence-electron chi connectivity index (χ1n) is 15.8. The number of azo groups is 3. The summed E-state index contributed by atoms with van der Waals surface area (Å²) < 4.78 is 96.4. The van der Waals surface area contributed by atoms with Crippen molar-refractivity contribution in [2.24, 2.45) is 30.7 Å². The second-order valence-electron chi connectivity index (χ2n) is 11.9. The Kier molecular flexibility index (Phi) is 11.1. The molecule has 0 atom stereocenters. The van der Waals surface area contributed by atoms with Crippen LogP contribution in [0.5, 0.6) is 11.5 Å². The number of nitrogens with one attached hydrogen (secondary N) is 1. The van der Waals surface area contributed by atoms with Crippen molar-refractivity contribution in [2.75, 3.05) is 16.8 Å². The molecular weight excluding hydrogens is 807 g/mol. The Balaban J connectivity index is 1.36. The van der Waals surface area contributed by atoms with Crippen LogP contribution in [0.4, 0.5) is 56.9 Å². The topological polar surface area (TPSA) is 354 Å². The number of rotatable bonds is 11. The van der Waals surface area contributed by atoms with E-state index in [1.54, 1.807) is 42.5 Å². The first-order valence-corrected chi connectivity index (χ1v) is 20.3. The Labute approximate surface area is 325 Å². The van der Waals surface area contributed by atoms with Crippen LogP contribution in [0.2, 0.25) is 0 Å². The van der Waals surface area contributed by atoms with E-state index in [1.165, 1.54) is 42.5 Å². The molecule has 0 aliphatic rings. The van der Waals surface area contributed by atoms with Crippen molar-refractivity contribution >= 4 is 99.5 Å². The van der Waals surface area contributed by atoms with E-state index in [0.29, 0.717) is 17.1 Å². The number of hydrogen-bond acceptors (Lipinski definition) is 19. The summed E-state index contributed by atoms with van der Waals surface area (Å²) in [5.74, 6) is -0.942. The van der Waals surface area contributed by atoms with Crippen LogP contribution in [0.1, 0.15) is 0 Å². The molecule has 57 heavy (non-hydrogen) atoms. The summed E-state index contributed by atoms with van der Waals surface area (Å²) >= 11 is 0. The summed E-state index contributed by atoms with van der Waals surface area (Å²) in [6, 6.07) is 23.8. The first kappa shape index (κ1) is 40.4. The molecule has 0 unspecified atom stereocenters. The molecule has 23 heteroatoms. The fraction of sp³-hybridized carbons (Fsp3) is 0. The van der Waals surface area contributed by atoms with E-state index in [4.69, 9.17) is 11.5 Å². The Morgan fingerprint density at radius 1 is 0.544 bits per heavy atom. The Morgan fingerprint density at radius 3 is 1.75 bits per heavy atom. The number of nitrogens with zero attached hydrogens (tertiary/aromatic N) is 6. The SMILES string of the molecule is Nc1cc(O)ccc1N=Nc1ccc(Nc2ccc(N=Nc3c(S(O)(O)O)cc4cc(S(=O)(=O)O)c(N=Nc5ccccc5)c(O)c4c3N)cc2S(O)(O)O)cc1. The van der Waals surface area contributed by atoms with E-state index in [1.807, 2.05) is 0 Å². The number of nitrogen functional groups attached to an aromatic ring is 2. The van der Waals surface area contributed by atoms with Crippen molar-refractivity contribution in [3.8, 4) is 11.5 Å². The van der Waals surface area contributed by atoms with Gasteiger partial charge in [0.15, 0.2) is 5.75 Å². The zero-order chi connectivity index (χ0) is 41.3. The zero-order valence-electron chi connectivity index (χ0n) is 28.7. The van der Waals surface area contributed by atoms with Gasteiger partial charge in [-0.25, -0.2) is 0 Å². The number of nitrogens with two attached hydrogens (primary N) is 2. The van der Waals surface area contributed by atoms with Gasteiger partial charge in [0.25, 0.3) is 10.1 Å². The van der Waals surface area contributed by atoms with Crippen LogP contribution < -0.4 is 16.8 Å². The molecular formula is C34H31N9O11S3. The summed E-state index contributed by atoms with van der Waals surface area (Å²) in [6.45, 7) is 0. The molecule has 0 radical (unpaired) electrons. The van der Waals surface area contributed by atoms with Gasteiger partial charge in [0.2, 0.25) is 0 Å². The van der Waals surface area contributed by atoms with Gasteiger partial charge in [0, 0.05) is 11.8 Å². The van der Waals surface area contributed by atoms with E-state index >= 15 is 0 Å². The molecule has 296 valence electrons. The summed E-state index contributed by atoms with van der Waals surface area (Å²) in [7, 11) is -14.2. The van der Waals surface area contributed by atoms with E-state index in [-0.39, 0.29) is 39.3 Å². The number of fused-ring (bicyclic) bond motifs is 1. The Hall–Kier alpha value is -6.25. The van der Waals surface area contributed by atoms with Gasteiger partial charge in [-0.1, -0.05) is 18.2 Å². The van der Waals surface area contributed by atoms with E-state index < -0.39 is 69.4 Å². The van der Waals surface area contributed by atoms with Crippen molar-refractivity contribution < 1.29 is 50.5 Å². The van der Waals surface area contributed by atoms with Gasteiger partial charge in [-0.05, 0) is 84.2 Å². The number of phenolic OH excluding ortho intramolecular Hbond substituents is 2. The number of hydrogen-bond donors (Lipinski definition) is 12. The van der Waals surface area contributed by atoms with Crippen molar-refractivity contribution in [2.45, 2.75) is 14.7 Å². The fourth-order valence-electron chi connectivity index (χ4n) is 5.24. The predicted molar refractivity (Wildman–Crippen MR) is 215 cm³/mol. The minimum absolute atomic E-state index is 0.0231. The van der Waals surface area contributed by atoms with Crippen molar-refractivity contribution in [3.05, 3.63) is 103 Å². The summed E-state index contributed by atoms with van der Waals surface area (Å²) in [4.78, 5) is -2.13. The van der Waals surface area contributed by atoms with Crippen LogP contribution in [0.15, 0.2) is 149 Å². The highest BCUT2D eigenvalue weighted by Crippen LogP contribution is 2.56. The van der Waals surface area contributed by atoms with E-state index in [2.05, 4.69) is 36.0 Å². The number of benzene rings is 6. The van der Waals surface area contributed by atoms with Gasteiger partial charge in [0.05, 0.1) is 49.3 Å². The molecule has 0 heterocycles. The summed E-state index contributed by atoms with van der Waals surface area (Å²) in [5, 5.41) is 46.8. The van der Waals surface area contributed by atoms with Gasteiger partial charge >= 0.3 is 0 Å². The molecule has 0 spiro atoms. The van der Waals surface area contributed by atoms with Crippen LogP contribution in [0.3, 0.4) is 0 Å². The fourth-order valence-corrected chi connectivity index (χ4v) is 7.29. The number of phenols is 2. The quantitative estimate of drug-likeness (QED) is 0.0328. The van der Waals surface area contributed by atoms with Crippen LogP contribution in [0, 0.1) is 0 Å². The highest BCUT2D eigenvalue weighted by atomic mass is 32.3. The van der Waals surface area contributed by atoms with Crippen LogP contribution in [-0.2, 0) is 10.1 Å². The molecule has 0 saturated heterocycles. The lowest BCUT2D eigenvalue weighted by Gasteiger charge is -2.24. The molecule has 0 aliphatic heterocycles. The smallest absolute Gasteiger partial charge is 0.296 e. The molecule has 0 aromatic heterocycles. The second kappa shape index (κ2) is 15.7. The molecule has 14 N–H and O–H groups in total. The van der Waals surface area contributed by atoms with Crippen LogP contribution in [0.25, 0.3) is 10.8 Å². The summed E-state index contributed by atoms with van der Waals surface area (Å²) in [5.41, 5.74) is 11.8. The molecule has 0 fully saturated rings. The highest BCUT2D eigenvalue weighted by Gasteiger charge is 2.29. The molecule has 0 bridgehead atoms. The van der Waals surface area contributed by atoms with E-state index in [0.717, 1.165) is 18.2 Å². The minimum atomic E-state index is -5.09. The minimum Gasteiger partial charge on any atom is -0.508 e. The van der Waals surface area contributed by atoms with Crippen LogP contribution in [-0.4, -0.2) is 50.5 Å². The first-order chi connectivity index (χ1) is 26.8. The second-order valence-corrected chi connectivity index (χ2v) is 16.2. The highest BCUT2D eigenvalue weighted by molar-refractivity contribution is 8.19. The average Bonchev–Trinajstić information content (AvgIpc) is 3.13. The maximum Gasteiger partial charge on any atom is 0.296 e. The van der Waals surface area contributed by atoms with Gasteiger partial charge in [-0.15, -0.1) is 15.3 Å². The lowest BCUT2D eigenvalue weighted by Crippen LogP contribution is -2.02. The molecule has 20 nitrogen and oxygen atoms in total. The normalized spacial score (nSPS) is 13.2. The van der Waals surface area contributed by atoms with Gasteiger partial charge in [-0.2, -0.15) is 23.8 Å². The standard InChI is InChI=1S/C34H31N9O11S3/c35-24-17-23(44)11-13-25(24)41-38-21-8-6-19(7-9-21)37-26-12-10-22(16-27(26)55(46,47)48)40-42-32-28(56(49,50)51)14-18-15-29(57(52,53)54)33(34(45)30(18)31(32)36)43-39-20-4-2-1-3-5-20/h1-17,37,44-51H,35-36H2,(H,52,53,54). The predicted octanol–water partition coefficient (Wildman–Crippen LogP) is 10.8. The lowest BCUT2D eigenvalue weighted by atomic mass is 10.1. The Morgan fingerprint density at radius 2 is 1.12 bits per heavy atom. The van der Waals surface area contributed by atoms with Gasteiger partial charge in [0.1, 0.15) is 49.4 Å². The van der Waals surface area contributed by atoms with E-state index in [9.17, 15) is 50.5 Å². The Bertz CT molecular complexity index is 2710. The molecule has 0 saturated carbocycles. The monoisotopic (exact) mass is 837 g/mol. The third-order valence-corrected chi connectivity index (χ3v) is 10.6. The third-order valence-electron chi connectivity index (χ3n) is 7.87. The molecule has 6 aromatic rings. The van der Waals surface area contributed by atoms with Crippen molar-refractivity contribution in [3.63, 3.8) is 0 Å². The molecule has 0 amide bonds. The maximum atomic E-state index is 12.3. The average molecular weight is 838 g/mol. The van der Waals surface area contributed by atoms with Gasteiger partial charge in [-0.3, -0.25) is 4.55 Å². The third kappa shape index (κ3) is 9.25. The number of anilines is 4. The maximum absolute atomic E-state index is 12.3.